The third-order valence-electron chi connectivity index (χ3n) is 4.32. The molecule has 1 aliphatic carbocycles. The van der Waals surface area contributed by atoms with Gasteiger partial charge < -0.3 is 11.1 Å². The van der Waals surface area contributed by atoms with E-state index >= 15 is 0 Å². The number of rotatable bonds is 4. The summed E-state index contributed by atoms with van der Waals surface area (Å²) < 4.78 is 23.2. The number of sulfone groups is 1. The van der Waals surface area contributed by atoms with E-state index in [2.05, 4.69) is 5.32 Å². The highest BCUT2D eigenvalue weighted by molar-refractivity contribution is 7.90. The number of hydrogen-bond donors (Lipinski definition) is 2. The monoisotopic (exact) mass is 310 g/mol. The van der Waals surface area contributed by atoms with E-state index < -0.39 is 15.3 Å². The van der Waals surface area contributed by atoms with Gasteiger partial charge in [-0.15, -0.1) is 0 Å². The molecule has 1 aliphatic rings. The van der Waals surface area contributed by atoms with Crippen LogP contribution >= 0.6 is 0 Å². The number of benzene rings is 1. The zero-order valence-electron chi connectivity index (χ0n) is 12.5. The van der Waals surface area contributed by atoms with Gasteiger partial charge in [-0.05, 0) is 37.5 Å². The predicted octanol–water partition coefficient (Wildman–Crippen LogP) is 1.86. The highest BCUT2D eigenvalue weighted by Gasteiger charge is 2.39. The molecule has 1 aromatic rings. The molecule has 0 heterocycles. The zero-order valence-corrected chi connectivity index (χ0v) is 13.3. The number of amides is 1. The van der Waals surface area contributed by atoms with Crippen molar-refractivity contribution in [1.82, 2.24) is 0 Å². The van der Waals surface area contributed by atoms with E-state index in [-0.39, 0.29) is 10.8 Å². The topological polar surface area (TPSA) is 89.3 Å². The van der Waals surface area contributed by atoms with E-state index in [9.17, 15) is 13.2 Å². The van der Waals surface area contributed by atoms with E-state index in [1.807, 2.05) is 6.92 Å². The third kappa shape index (κ3) is 3.27. The van der Waals surface area contributed by atoms with Crippen molar-refractivity contribution in [2.24, 2.45) is 11.1 Å². The summed E-state index contributed by atoms with van der Waals surface area (Å²) in [5.74, 6) is -0.101. The van der Waals surface area contributed by atoms with Gasteiger partial charge in [-0.1, -0.05) is 18.9 Å². The Bertz CT molecular complexity index is 647. The highest BCUT2D eigenvalue weighted by Crippen LogP contribution is 2.38. The van der Waals surface area contributed by atoms with Gasteiger partial charge in [-0.2, -0.15) is 0 Å². The van der Waals surface area contributed by atoms with Crippen LogP contribution in [0.2, 0.25) is 0 Å². The number of nitrogens with two attached hydrogens (primary N) is 1. The van der Waals surface area contributed by atoms with Crippen molar-refractivity contribution in [2.75, 3.05) is 18.1 Å². The van der Waals surface area contributed by atoms with E-state index in [0.717, 1.165) is 37.5 Å². The summed E-state index contributed by atoms with van der Waals surface area (Å²) >= 11 is 0. The van der Waals surface area contributed by atoms with Crippen LogP contribution < -0.4 is 11.1 Å². The van der Waals surface area contributed by atoms with E-state index in [1.54, 1.807) is 12.1 Å². The molecular weight excluding hydrogens is 288 g/mol. The molecule has 0 atom stereocenters. The van der Waals surface area contributed by atoms with Crippen LogP contribution in [0.15, 0.2) is 23.1 Å². The Hall–Kier alpha value is -1.40. The lowest BCUT2D eigenvalue weighted by molar-refractivity contribution is -0.124. The molecule has 116 valence electrons. The second kappa shape index (κ2) is 5.77. The minimum atomic E-state index is -3.29. The van der Waals surface area contributed by atoms with E-state index in [1.165, 1.54) is 6.07 Å². The van der Waals surface area contributed by atoms with Crippen molar-refractivity contribution >= 4 is 21.4 Å². The maximum atomic E-state index is 12.5. The molecule has 1 fully saturated rings. The van der Waals surface area contributed by atoms with Crippen LogP contribution in [0.4, 0.5) is 5.69 Å². The lowest BCUT2D eigenvalue weighted by Gasteiger charge is -2.26. The molecule has 3 N–H and O–H groups in total. The third-order valence-corrected chi connectivity index (χ3v) is 5.43. The lowest BCUT2D eigenvalue weighted by Crippen LogP contribution is -2.40. The number of anilines is 1. The number of aryl methyl sites for hydroxylation is 1. The molecule has 0 aliphatic heterocycles. The quantitative estimate of drug-likeness (QED) is 0.888. The van der Waals surface area contributed by atoms with Crippen LogP contribution in [0.1, 0.15) is 31.2 Å². The first-order valence-corrected chi connectivity index (χ1v) is 9.00. The average Bonchev–Trinajstić information content (AvgIpc) is 2.90. The summed E-state index contributed by atoms with van der Waals surface area (Å²) in [6, 6.07) is 4.77. The Morgan fingerprint density at radius 1 is 1.33 bits per heavy atom. The van der Waals surface area contributed by atoms with Gasteiger partial charge in [0.05, 0.1) is 10.3 Å². The standard InChI is InChI=1S/C15H22N2O3S/c1-11-5-6-12(21(2,19)20)9-13(11)17-14(18)15(10-16)7-3-4-8-15/h5-6,9H,3-4,7-8,10,16H2,1-2H3,(H,17,18). The molecule has 0 unspecified atom stereocenters. The summed E-state index contributed by atoms with van der Waals surface area (Å²) in [6.07, 6.45) is 4.75. The van der Waals surface area contributed by atoms with Gasteiger partial charge in [0.2, 0.25) is 5.91 Å². The molecule has 0 bridgehead atoms. The molecule has 1 aromatic carbocycles. The van der Waals surface area contributed by atoms with Crippen molar-refractivity contribution in [3.05, 3.63) is 23.8 Å². The van der Waals surface area contributed by atoms with Gasteiger partial charge in [-0.25, -0.2) is 8.42 Å². The fraction of sp³-hybridized carbons (Fsp3) is 0.533. The van der Waals surface area contributed by atoms with E-state index in [0.29, 0.717) is 12.2 Å². The van der Waals surface area contributed by atoms with Crippen LogP contribution in [0, 0.1) is 12.3 Å². The summed E-state index contributed by atoms with van der Waals surface area (Å²) in [7, 11) is -3.29. The summed E-state index contributed by atoms with van der Waals surface area (Å²) in [6.45, 7) is 2.16. The summed E-state index contributed by atoms with van der Waals surface area (Å²) in [5.41, 5.74) is 6.68. The Morgan fingerprint density at radius 3 is 2.48 bits per heavy atom. The average molecular weight is 310 g/mol. The van der Waals surface area contributed by atoms with Gasteiger partial charge in [-0.3, -0.25) is 4.79 Å². The number of hydrogen-bond acceptors (Lipinski definition) is 4. The Morgan fingerprint density at radius 2 is 1.95 bits per heavy atom. The maximum absolute atomic E-state index is 12.5. The number of carbonyl (C=O) groups is 1. The lowest BCUT2D eigenvalue weighted by atomic mass is 9.85. The Kier molecular flexibility index (Phi) is 4.39. The van der Waals surface area contributed by atoms with Gasteiger partial charge in [0.25, 0.3) is 0 Å². The molecule has 1 amide bonds. The second-order valence-electron chi connectivity index (χ2n) is 5.89. The van der Waals surface area contributed by atoms with Gasteiger partial charge in [0.15, 0.2) is 9.84 Å². The number of carbonyl (C=O) groups excluding carboxylic acids is 1. The molecule has 0 saturated heterocycles. The minimum Gasteiger partial charge on any atom is -0.329 e. The summed E-state index contributed by atoms with van der Waals surface area (Å²) in [5, 5.41) is 2.87. The zero-order chi connectivity index (χ0) is 15.7. The van der Waals surface area contributed by atoms with Crippen molar-refractivity contribution in [3.8, 4) is 0 Å². The Balaban J connectivity index is 2.29. The van der Waals surface area contributed by atoms with Crippen LogP contribution in [0.5, 0.6) is 0 Å². The molecule has 21 heavy (non-hydrogen) atoms. The normalized spacial score (nSPS) is 17.7. The van der Waals surface area contributed by atoms with Gasteiger partial charge in [0.1, 0.15) is 0 Å². The van der Waals surface area contributed by atoms with Crippen LogP contribution in [-0.4, -0.2) is 27.1 Å². The molecule has 2 rings (SSSR count). The number of nitrogens with one attached hydrogen (secondary N) is 1. The smallest absolute Gasteiger partial charge is 0.231 e. The van der Waals surface area contributed by atoms with Crippen LogP contribution in [0.3, 0.4) is 0 Å². The fourth-order valence-corrected chi connectivity index (χ4v) is 3.44. The molecular formula is C15H22N2O3S. The minimum absolute atomic E-state index is 0.101. The van der Waals surface area contributed by atoms with Gasteiger partial charge in [0, 0.05) is 18.5 Å². The molecule has 5 nitrogen and oxygen atoms in total. The first-order valence-electron chi connectivity index (χ1n) is 7.11. The highest BCUT2D eigenvalue weighted by atomic mass is 32.2. The molecule has 0 spiro atoms. The molecule has 0 aromatic heterocycles. The summed E-state index contributed by atoms with van der Waals surface area (Å²) in [4.78, 5) is 12.7. The van der Waals surface area contributed by atoms with Crippen molar-refractivity contribution in [2.45, 2.75) is 37.5 Å². The van der Waals surface area contributed by atoms with Crippen molar-refractivity contribution in [1.29, 1.82) is 0 Å². The largest absolute Gasteiger partial charge is 0.329 e. The van der Waals surface area contributed by atoms with Crippen molar-refractivity contribution < 1.29 is 13.2 Å². The molecule has 0 radical (unpaired) electrons. The first-order chi connectivity index (χ1) is 9.78. The molecule has 1 saturated carbocycles. The predicted molar refractivity (Wildman–Crippen MR) is 82.9 cm³/mol. The van der Waals surface area contributed by atoms with E-state index in [4.69, 9.17) is 5.73 Å². The SMILES string of the molecule is Cc1ccc(S(C)(=O)=O)cc1NC(=O)C1(CN)CCCC1. The van der Waals surface area contributed by atoms with Crippen LogP contribution in [0.25, 0.3) is 0 Å². The van der Waals surface area contributed by atoms with Crippen LogP contribution in [-0.2, 0) is 14.6 Å². The van der Waals surface area contributed by atoms with Gasteiger partial charge >= 0.3 is 0 Å². The Labute approximate surface area is 125 Å². The molecule has 6 heteroatoms. The first kappa shape index (κ1) is 16.0. The second-order valence-corrected chi connectivity index (χ2v) is 7.91. The maximum Gasteiger partial charge on any atom is 0.231 e. The fourth-order valence-electron chi connectivity index (χ4n) is 2.80. The van der Waals surface area contributed by atoms with Crippen molar-refractivity contribution in [3.63, 3.8) is 0 Å².